The second kappa shape index (κ2) is 3.37. The summed E-state index contributed by atoms with van der Waals surface area (Å²) in [6, 6.07) is 0. The Kier molecular flexibility index (Phi) is 2.52. The topological polar surface area (TPSA) is 44.8 Å². The number of hydrogen-bond donors (Lipinski definition) is 0. The van der Waals surface area contributed by atoms with E-state index in [9.17, 15) is 4.79 Å². The van der Waals surface area contributed by atoms with Crippen LogP contribution in [-0.2, 0) is 19.0 Å². The maximum atomic E-state index is 10.9. The quantitative estimate of drug-likeness (QED) is 0.642. The molecule has 0 saturated carbocycles. The number of rotatable bonds is 1. The minimum atomic E-state index is -0.570. The minimum Gasteiger partial charge on any atom is -0.449 e. The van der Waals surface area contributed by atoms with Crippen molar-refractivity contribution in [3.05, 3.63) is 0 Å². The fourth-order valence-corrected chi connectivity index (χ4v) is 3.16. The first kappa shape index (κ1) is 11.2. The van der Waals surface area contributed by atoms with Crippen molar-refractivity contribution >= 4 is 17.7 Å². The maximum absolute atomic E-state index is 10.9. The minimum absolute atomic E-state index is 0.142. The maximum Gasteiger partial charge on any atom is 0.303 e. The van der Waals surface area contributed by atoms with E-state index in [1.165, 1.54) is 6.92 Å². The summed E-state index contributed by atoms with van der Waals surface area (Å²) >= 11 is 1.60. The van der Waals surface area contributed by atoms with E-state index in [1.807, 2.05) is 20.8 Å². The third-order valence-electron chi connectivity index (χ3n) is 2.99. The predicted molar refractivity (Wildman–Crippen MR) is 56.5 cm³/mol. The molecule has 0 aromatic carbocycles. The van der Waals surface area contributed by atoms with Gasteiger partial charge in [-0.15, -0.1) is 11.8 Å². The Morgan fingerprint density at radius 2 is 2.13 bits per heavy atom. The normalized spacial score (nSPS) is 42.7. The fourth-order valence-electron chi connectivity index (χ4n) is 1.78. The van der Waals surface area contributed by atoms with E-state index < -0.39 is 5.79 Å². The Morgan fingerprint density at radius 3 is 2.73 bits per heavy atom. The third kappa shape index (κ3) is 1.77. The van der Waals surface area contributed by atoms with Crippen LogP contribution in [0.5, 0.6) is 0 Å². The van der Waals surface area contributed by atoms with Crippen LogP contribution in [0.15, 0.2) is 0 Å². The number of hydrogen-bond acceptors (Lipinski definition) is 5. The molecule has 86 valence electrons. The monoisotopic (exact) mass is 232 g/mol. The summed E-state index contributed by atoms with van der Waals surface area (Å²) < 4.78 is 16.4. The molecule has 3 unspecified atom stereocenters. The Balaban J connectivity index is 2.16. The molecule has 0 N–H and O–H groups in total. The average Bonchev–Trinajstić information content (AvgIpc) is 2.43. The summed E-state index contributed by atoms with van der Waals surface area (Å²) in [4.78, 5) is 10.9. The van der Waals surface area contributed by atoms with Gasteiger partial charge in [-0.25, -0.2) is 0 Å². The van der Waals surface area contributed by atoms with Crippen LogP contribution in [0.1, 0.15) is 27.7 Å². The standard InChI is InChI=1S/C10H16O4S/c1-6(11)13-8-7-5-12-10(4,14-7)9(2,3)15-8/h7-8H,5H2,1-4H3. The van der Waals surface area contributed by atoms with Crippen LogP contribution in [0, 0.1) is 0 Å². The van der Waals surface area contributed by atoms with Gasteiger partial charge in [-0.2, -0.15) is 0 Å². The van der Waals surface area contributed by atoms with Gasteiger partial charge in [0.25, 0.3) is 0 Å². The summed E-state index contributed by atoms with van der Waals surface area (Å²) in [5, 5.41) is 0. The molecule has 5 heteroatoms. The number of fused-ring (bicyclic) bond motifs is 2. The van der Waals surface area contributed by atoms with Gasteiger partial charge in [0.2, 0.25) is 0 Å². The zero-order valence-electron chi connectivity index (χ0n) is 9.40. The van der Waals surface area contributed by atoms with Crippen LogP contribution in [0.3, 0.4) is 0 Å². The van der Waals surface area contributed by atoms with E-state index in [0.717, 1.165) is 0 Å². The second-order valence-corrected chi connectivity index (χ2v) is 6.24. The molecular weight excluding hydrogens is 216 g/mol. The van der Waals surface area contributed by atoms with Gasteiger partial charge in [0.15, 0.2) is 11.2 Å². The van der Waals surface area contributed by atoms with Crippen LogP contribution in [-0.4, -0.2) is 34.7 Å². The molecule has 2 aliphatic rings. The third-order valence-corrected chi connectivity index (χ3v) is 4.58. The highest BCUT2D eigenvalue weighted by molar-refractivity contribution is 8.01. The van der Waals surface area contributed by atoms with Crippen molar-refractivity contribution in [2.24, 2.45) is 0 Å². The number of esters is 1. The molecule has 0 amide bonds. The highest BCUT2D eigenvalue weighted by Gasteiger charge is 2.58. The molecule has 4 nitrogen and oxygen atoms in total. The second-order valence-electron chi connectivity index (χ2n) is 4.52. The molecule has 3 atom stereocenters. The zero-order chi connectivity index (χ0) is 11.3. The zero-order valence-corrected chi connectivity index (χ0v) is 10.2. The summed E-state index contributed by atoms with van der Waals surface area (Å²) in [6.07, 6.45) is -0.142. The van der Waals surface area contributed by atoms with E-state index in [-0.39, 0.29) is 22.3 Å². The average molecular weight is 232 g/mol. The first-order valence-electron chi connectivity index (χ1n) is 5.01. The SMILES string of the molecule is CC(=O)OC1SC(C)(C)C2(C)OCC1O2. The van der Waals surface area contributed by atoms with Crippen LogP contribution in [0.2, 0.25) is 0 Å². The van der Waals surface area contributed by atoms with Crippen LogP contribution in [0.25, 0.3) is 0 Å². The van der Waals surface area contributed by atoms with E-state index in [1.54, 1.807) is 11.8 Å². The number of carbonyl (C=O) groups excluding carboxylic acids is 1. The molecular formula is C10H16O4S. The van der Waals surface area contributed by atoms with Crippen LogP contribution in [0.4, 0.5) is 0 Å². The highest BCUT2D eigenvalue weighted by Crippen LogP contribution is 2.51. The molecule has 2 saturated heterocycles. The van der Waals surface area contributed by atoms with Gasteiger partial charge < -0.3 is 14.2 Å². The first-order valence-corrected chi connectivity index (χ1v) is 5.89. The Bertz CT molecular complexity index is 291. The largest absolute Gasteiger partial charge is 0.449 e. The van der Waals surface area contributed by atoms with Crippen molar-refractivity contribution in [1.29, 1.82) is 0 Å². The van der Waals surface area contributed by atoms with E-state index in [4.69, 9.17) is 14.2 Å². The molecule has 2 fully saturated rings. The van der Waals surface area contributed by atoms with Crippen LogP contribution < -0.4 is 0 Å². The van der Waals surface area contributed by atoms with Gasteiger partial charge in [0.05, 0.1) is 11.4 Å². The van der Waals surface area contributed by atoms with Crippen LogP contribution >= 0.6 is 11.8 Å². The van der Waals surface area contributed by atoms with Crippen molar-refractivity contribution < 1.29 is 19.0 Å². The van der Waals surface area contributed by atoms with Gasteiger partial charge in [0.1, 0.15) is 6.10 Å². The van der Waals surface area contributed by atoms with Crippen molar-refractivity contribution in [2.45, 2.75) is 49.8 Å². The smallest absolute Gasteiger partial charge is 0.303 e. The van der Waals surface area contributed by atoms with Crippen molar-refractivity contribution in [2.75, 3.05) is 6.61 Å². The highest BCUT2D eigenvalue weighted by atomic mass is 32.2. The van der Waals surface area contributed by atoms with E-state index in [0.29, 0.717) is 6.61 Å². The molecule has 15 heavy (non-hydrogen) atoms. The van der Waals surface area contributed by atoms with Gasteiger partial charge >= 0.3 is 5.97 Å². The summed E-state index contributed by atoms with van der Waals surface area (Å²) in [7, 11) is 0. The number of ether oxygens (including phenoxy) is 3. The molecule has 2 aliphatic heterocycles. The van der Waals surface area contributed by atoms with Crippen molar-refractivity contribution in [3.8, 4) is 0 Å². The Morgan fingerprint density at radius 1 is 1.47 bits per heavy atom. The number of carbonyl (C=O) groups is 1. The lowest BCUT2D eigenvalue weighted by Crippen LogP contribution is -2.53. The predicted octanol–water partition coefficient (Wildman–Crippen LogP) is 1.53. The molecule has 0 radical (unpaired) electrons. The van der Waals surface area contributed by atoms with Crippen molar-refractivity contribution in [1.82, 2.24) is 0 Å². The van der Waals surface area contributed by atoms with Gasteiger partial charge in [-0.05, 0) is 20.8 Å². The lowest BCUT2D eigenvalue weighted by atomic mass is 10.0. The first-order chi connectivity index (χ1) is 6.84. The Labute approximate surface area is 93.6 Å². The summed E-state index contributed by atoms with van der Waals surface area (Å²) in [6.45, 7) is 7.91. The molecule has 2 bridgehead atoms. The lowest BCUT2D eigenvalue weighted by Gasteiger charge is -2.44. The molecule has 0 aromatic rings. The molecule has 0 aliphatic carbocycles. The van der Waals surface area contributed by atoms with E-state index in [2.05, 4.69) is 0 Å². The van der Waals surface area contributed by atoms with E-state index >= 15 is 0 Å². The Hall–Kier alpha value is -0.260. The molecule has 0 aromatic heterocycles. The number of thioether (sulfide) groups is 1. The molecule has 2 heterocycles. The summed E-state index contributed by atoms with van der Waals surface area (Å²) in [5.74, 6) is -0.846. The van der Waals surface area contributed by atoms with Gasteiger partial charge in [-0.1, -0.05) is 0 Å². The van der Waals surface area contributed by atoms with Crippen molar-refractivity contribution in [3.63, 3.8) is 0 Å². The lowest BCUT2D eigenvalue weighted by molar-refractivity contribution is -0.189. The van der Waals surface area contributed by atoms with Gasteiger partial charge in [0, 0.05) is 6.92 Å². The van der Waals surface area contributed by atoms with Gasteiger partial charge in [-0.3, -0.25) is 4.79 Å². The molecule has 0 spiro atoms. The molecule has 2 rings (SSSR count). The fraction of sp³-hybridized carbons (Fsp3) is 0.900. The summed E-state index contributed by atoms with van der Waals surface area (Å²) in [5.41, 5.74) is -0.256.